The topological polar surface area (TPSA) is 127 Å². The number of rotatable bonds is 8. The number of benzene rings is 3. The van der Waals surface area contributed by atoms with Gasteiger partial charge in [0.2, 0.25) is 5.69 Å². The third kappa shape index (κ3) is 6.06. The van der Waals surface area contributed by atoms with Crippen LogP contribution in [0.3, 0.4) is 0 Å². The van der Waals surface area contributed by atoms with Crippen molar-refractivity contribution < 1.29 is 23.0 Å². The summed E-state index contributed by atoms with van der Waals surface area (Å²) in [5, 5.41) is 31.9. The number of aromatic nitrogens is 7. The van der Waals surface area contributed by atoms with E-state index >= 15 is 4.39 Å². The summed E-state index contributed by atoms with van der Waals surface area (Å²) in [6.45, 7) is 0. The number of nitrogens with one attached hydrogen (secondary N) is 1. The second-order valence-corrected chi connectivity index (χ2v) is 10.3. The largest absolute Gasteiger partial charge is 0.618 e. The molecule has 226 valence electrons. The van der Waals surface area contributed by atoms with E-state index in [1.165, 1.54) is 48.6 Å². The molecule has 0 aliphatic heterocycles. The summed E-state index contributed by atoms with van der Waals surface area (Å²) >= 11 is 6.24. The number of halogens is 3. The highest BCUT2D eigenvalue weighted by molar-refractivity contribution is 6.31. The van der Waals surface area contributed by atoms with E-state index in [0.29, 0.717) is 21.5 Å². The summed E-state index contributed by atoms with van der Waals surface area (Å²) in [4.78, 5) is 11.6. The van der Waals surface area contributed by atoms with Crippen LogP contribution >= 0.6 is 11.6 Å². The zero-order chi connectivity index (χ0) is 31.5. The highest BCUT2D eigenvalue weighted by Crippen LogP contribution is 2.38. The Bertz CT molecular complexity index is 1970. The van der Waals surface area contributed by atoms with Gasteiger partial charge in [-0.2, -0.15) is 14.5 Å². The summed E-state index contributed by atoms with van der Waals surface area (Å²) in [5.41, 5.74) is 3.40. The Morgan fingerprint density at radius 2 is 1.84 bits per heavy atom. The number of hydrogen-bond acceptors (Lipinski definition) is 7. The molecule has 11 nitrogen and oxygen atoms in total. The van der Waals surface area contributed by atoms with Gasteiger partial charge >= 0.3 is 6.09 Å². The molecule has 1 N–H and O–H groups in total. The molecular formula is C31H23ClF2N8O3. The van der Waals surface area contributed by atoms with Crippen molar-refractivity contribution >= 4 is 23.4 Å². The van der Waals surface area contributed by atoms with Crippen molar-refractivity contribution in [2.24, 2.45) is 0 Å². The van der Waals surface area contributed by atoms with Gasteiger partial charge in [-0.05, 0) is 64.0 Å². The van der Waals surface area contributed by atoms with Crippen LogP contribution in [0, 0.1) is 16.8 Å². The van der Waals surface area contributed by atoms with Gasteiger partial charge in [-0.25, -0.2) is 13.6 Å². The van der Waals surface area contributed by atoms with Gasteiger partial charge in [0.25, 0.3) is 0 Å². The summed E-state index contributed by atoms with van der Waals surface area (Å²) in [6, 6.07) is 18.2. The van der Waals surface area contributed by atoms with Crippen LogP contribution < -0.4 is 10.0 Å². The van der Waals surface area contributed by atoms with Crippen molar-refractivity contribution in [1.82, 2.24) is 30.0 Å². The Morgan fingerprint density at radius 3 is 2.56 bits per heavy atom. The number of nitrogens with zero attached hydrogens (tertiary/aromatic N) is 7. The predicted octanol–water partition coefficient (Wildman–Crippen LogP) is 5.77. The molecular weight excluding hydrogens is 606 g/mol. The Hall–Kier alpha value is -5.69. The van der Waals surface area contributed by atoms with E-state index in [-0.39, 0.29) is 34.0 Å². The van der Waals surface area contributed by atoms with Gasteiger partial charge in [-0.1, -0.05) is 35.9 Å². The van der Waals surface area contributed by atoms with Gasteiger partial charge in [0.15, 0.2) is 12.0 Å². The molecule has 3 aromatic carbocycles. The predicted molar refractivity (Wildman–Crippen MR) is 160 cm³/mol. The maximum absolute atomic E-state index is 15.9. The van der Waals surface area contributed by atoms with Gasteiger partial charge < -0.3 is 9.94 Å². The number of carbonyl (C=O) groups excluding carboxylic acids is 1. The number of carbonyl (C=O) groups is 1. The Morgan fingerprint density at radius 1 is 1.07 bits per heavy atom. The maximum atomic E-state index is 15.9. The fraction of sp³-hybridized carbons (Fsp3) is 0.0968. The lowest BCUT2D eigenvalue weighted by Gasteiger charge is -2.21. The van der Waals surface area contributed by atoms with E-state index in [4.69, 9.17) is 11.6 Å². The fourth-order valence-electron chi connectivity index (χ4n) is 5.03. The Kier molecular flexibility index (Phi) is 8.16. The Labute approximate surface area is 259 Å². The molecule has 1 amide bonds. The number of hydrogen-bond donors (Lipinski definition) is 1. The number of amides is 1. The zero-order valence-corrected chi connectivity index (χ0v) is 24.3. The molecule has 0 bridgehead atoms. The van der Waals surface area contributed by atoms with Gasteiger partial charge in [-0.3, -0.25) is 10.00 Å². The monoisotopic (exact) mass is 628 g/mol. The minimum atomic E-state index is -0.793. The maximum Gasteiger partial charge on any atom is 0.411 e. The number of pyridine rings is 1. The summed E-state index contributed by atoms with van der Waals surface area (Å²) in [5.74, 6) is -1.17. The van der Waals surface area contributed by atoms with Crippen LogP contribution in [-0.4, -0.2) is 43.2 Å². The molecule has 3 heterocycles. The van der Waals surface area contributed by atoms with Crippen LogP contribution in [-0.2, 0) is 11.2 Å². The molecule has 45 heavy (non-hydrogen) atoms. The summed E-state index contributed by atoms with van der Waals surface area (Å²) in [6.07, 6.45) is 5.61. The third-order valence-electron chi connectivity index (χ3n) is 7.16. The smallest absolute Gasteiger partial charge is 0.411 e. The fourth-order valence-corrected chi connectivity index (χ4v) is 5.19. The van der Waals surface area contributed by atoms with E-state index in [1.807, 2.05) is 0 Å². The minimum Gasteiger partial charge on any atom is -0.618 e. The van der Waals surface area contributed by atoms with Crippen molar-refractivity contribution in [2.45, 2.75) is 12.5 Å². The molecule has 0 aliphatic rings. The number of tetrazole rings is 1. The lowest BCUT2D eigenvalue weighted by Crippen LogP contribution is -2.37. The minimum absolute atomic E-state index is 0.0141. The van der Waals surface area contributed by atoms with Crippen molar-refractivity contribution in [3.05, 3.63) is 131 Å². The zero-order valence-electron chi connectivity index (χ0n) is 23.5. The molecule has 14 heteroatoms. The standard InChI is InChI=1S/C31H23ClF2N8O3/c1-45-31(43)37-23-10-6-20(7-11-23)21-16-36-40(17-21)27(15-19-4-8-22(33)9-5-19)30-24(3-2-14-42(30)44)28-26(41-18-35-38-39-41)13-12-25(32)29(28)34/h2-14,16-18,27H,15H2,1H3,(H,37,43). The summed E-state index contributed by atoms with van der Waals surface area (Å²) < 4.78 is 37.9. The normalized spacial score (nSPS) is 11.7. The summed E-state index contributed by atoms with van der Waals surface area (Å²) in [7, 11) is 1.28. The van der Waals surface area contributed by atoms with E-state index in [9.17, 15) is 14.4 Å². The lowest BCUT2D eigenvalue weighted by atomic mass is 9.94. The average molecular weight is 629 g/mol. The van der Waals surface area contributed by atoms with Crippen LogP contribution in [0.1, 0.15) is 17.3 Å². The van der Waals surface area contributed by atoms with Crippen LogP contribution in [0.25, 0.3) is 27.9 Å². The highest BCUT2D eigenvalue weighted by Gasteiger charge is 2.31. The van der Waals surface area contributed by atoms with Crippen molar-refractivity contribution in [1.29, 1.82) is 0 Å². The first-order valence-corrected chi connectivity index (χ1v) is 13.9. The first kappa shape index (κ1) is 29.4. The average Bonchev–Trinajstić information content (AvgIpc) is 3.76. The van der Waals surface area contributed by atoms with E-state index < -0.39 is 23.8 Å². The first-order valence-electron chi connectivity index (χ1n) is 13.5. The number of ether oxygens (including phenoxy) is 1. The second-order valence-electron chi connectivity index (χ2n) is 9.89. The van der Waals surface area contributed by atoms with Crippen molar-refractivity contribution in [2.75, 3.05) is 12.4 Å². The van der Waals surface area contributed by atoms with E-state index in [1.54, 1.807) is 65.6 Å². The van der Waals surface area contributed by atoms with Gasteiger partial charge in [-0.15, -0.1) is 5.10 Å². The van der Waals surface area contributed by atoms with E-state index in [2.05, 4.69) is 30.7 Å². The molecule has 6 rings (SSSR count). The molecule has 0 fully saturated rings. The molecule has 0 saturated carbocycles. The van der Waals surface area contributed by atoms with Crippen LogP contribution in [0.2, 0.25) is 5.02 Å². The molecule has 1 unspecified atom stereocenters. The van der Waals surface area contributed by atoms with Crippen molar-refractivity contribution in [3.8, 4) is 27.9 Å². The highest BCUT2D eigenvalue weighted by atomic mass is 35.5. The quantitative estimate of drug-likeness (QED) is 0.168. The van der Waals surface area contributed by atoms with Crippen molar-refractivity contribution in [3.63, 3.8) is 0 Å². The molecule has 6 aromatic rings. The van der Waals surface area contributed by atoms with Crippen LogP contribution in [0.5, 0.6) is 0 Å². The van der Waals surface area contributed by atoms with E-state index in [0.717, 1.165) is 5.56 Å². The molecule has 0 saturated heterocycles. The molecule has 0 radical (unpaired) electrons. The molecule has 0 spiro atoms. The molecule has 1 atom stereocenters. The second kappa shape index (κ2) is 12.5. The number of methoxy groups -OCH3 is 1. The lowest BCUT2D eigenvalue weighted by molar-refractivity contribution is -0.615. The van der Waals surface area contributed by atoms with Gasteiger partial charge in [0.05, 0.1) is 35.1 Å². The van der Waals surface area contributed by atoms with Crippen LogP contribution in [0.4, 0.5) is 19.3 Å². The molecule has 3 aromatic heterocycles. The SMILES string of the molecule is COC(=O)Nc1ccc(-c2cnn(C(Cc3ccc(F)cc3)c3c(-c4c(-n5cnnn5)ccc(Cl)c4F)ccc[n+]3[O-])c2)cc1. The van der Waals surface area contributed by atoms with Gasteiger partial charge in [0, 0.05) is 29.9 Å². The van der Waals surface area contributed by atoms with Gasteiger partial charge in [0.1, 0.15) is 18.2 Å². The molecule has 0 aliphatic carbocycles. The Balaban J connectivity index is 1.49. The van der Waals surface area contributed by atoms with Crippen LogP contribution in [0.15, 0.2) is 97.7 Å². The first-order chi connectivity index (χ1) is 21.8. The third-order valence-corrected chi connectivity index (χ3v) is 7.46. The number of anilines is 1.